The number of nitrogens with two attached hydrogens (primary N) is 5. The molecule has 3 rings (SSSR count). The molecule has 35 heteroatoms. The summed E-state index contributed by atoms with van der Waals surface area (Å²) in [5.74, 6) is -14.1. The number of nitrogens with zero attached hydrogens (tertiary/aromatic N) is 3. The monoisotopic (exact) mass is 1330 g/mol. The van der Waals surface area contributed by atoms with Gasteiger partial charge in [-0.15, -0.1) is 0 Å². The lowest BCUT2D eigenvalue weighted by Gasteiger charge is -2.31. The Hall–Kier alpha value is -8.86. The second-order valence-electron chi connectivity index (χ2n) is 23.1. The van der Waals surface area contributed by atoms with Gasteiger partial charge < -0.3 is 101 Å². The first-order valence-corrected chi connectivity index (χ1v) is 32.1. The number of benzene rings is 1. The highest BCUT2D eigenvalue weighted by Gasteiger charge is 2.43. The lowest BCUT2D eigenvalue weighted by atomic mass is 10.0. The van der Waals surface area contributed by atoms with E-state index in [1.165, 1.54) is 36.0 Å². The minimum absolute atomic E-state index is 0.00309. The zero-order valence-corrected chi connectivity index (χ0v) is 53.4. The molecule has 0 bridgehead atoms. The van der Waals surface area contributed by atoms with Crippen LogP contribution in [0.2, 0.25) is 0 Å². The summed E-state index contributed by atoms with van der Waals surface area (Å²) in [6.45, 7) is 3.07. The molecule has 0 aliphatic carbocycles. The van der Waals surface area contributed by atoms with E-state index >= 15 is 0 Å². The fraction of sp³-hybridized carbons (Fsp3) is 0.638. The van der Waals surface area contributed by atoms with Crippen molar-refractivity contribution in [2.24, 2.45) is 39.6 Å². The first kappa shape index (κ1) is 78.4. The molecule has 2 heterocycles. The molecule has 11 amide bonds. The summed E-state index contributed by atoms with van der Waals surface area (Å²) < 4.78 is 0. The molecule has 10 atom stereocenters. The number of phenols is 1. The Labute approximate surface area is 541 Å². The normalized spacial score (nSPS) is 16.9. The number of nitrogens with one attached hydrogen (secondary N) is 8. The number of rotatable bonds is 42. The van der Waals surface area contributed by atoms with Crippen molar-refractivity contribution in [2.45, 2.75) is 183 Å². The van der Waals surface area contributed by atoms with Crippen LogP contribution >= 0.6 is 11.8 Å². The second kappa shape index (κ2) is 40.2. The van der Waals surface area contributed by atoms with Crippen molar-refractivity contribution < 1.29 is 87.5 Å². The van der Waals surface area contributed by atoms with Gasteiger partial charge in [0.25, 0.3) is 0 Å². The zero-order chi connectivity index (χ0) is 69.5. The van der Waals surface area contributed by atoms with Gasteiger partial charge >= 0.3 is 17.9 Å². The Balaban J connectivity index is 1.84. The molecule has 2 saturated heterocycles. The molecular weight excluding hydrogens is 1240 g/mol. The number of aliphatic imine (C=N–C) groups is 1. The van der Waals surface area contributed by atoms with Crippen LogP contribution in [-0.4, -0.2) is 224 Å². The number of carboxylic acid groups (broad SMARTS) is 3. The number of phenolic OH excluding ortho intramolecular Hbond substituents is 1. The first-order chi connectivity index (χ1) is 44.0. The number of aromatic hydroxyl groups is 1. The summed E-state index contributed by atoms with van der Waals surface area (Å²) in [6, 6.07) is -8.58. The summed E-state index contributed by atoms with van der Waals surface area (Å²) in [5, 5.41) is 59.1. The molecule has 0 radical (unpaired) electrons. The van der Waals surface area contributed by atoms with Crippen molar-refractivity contribution in [3.05, 3.63) is 29.8 Å². The number of carbonyl (C=O) groups is 14. The van der Waals surface area contributed by atoms with Crippen LogP contribution in [0.5, 0.6) is 5.75 Å². The third-order valence-electron chi connectivity index (χ3n) is 15.2. The van der Waals surface area contributed by atoms with E-state index in [0.717, 1.165) is 9.80 Å². The molecule has 518 valence electrons. The third kappa shape index (κ3) is 27.9. The minimum Gasteiger partial charge on any atom is -0.508 e. The second-order valence-corrected chi connectivity index (χ2v) is 24.1. The van der Waals surface area contributed by atoms with Gasteiger partial charge in [-0.3, -0.25) is 67.3 Å². The molecule has 1 aromatic carbocycles. The smallest absolute Gasteiger partial charge is 0.326 e. The van der Waals surface area contributed by atoms with Crippen molar-refractivity contribution in [3.8, 4) is 5.75 Å². The average molecular weight is 1330 g/mol. The van der Waals surface area contributed by atoms with Crippen molar-refractivity contribution >= 4 is 101 Å². The van der Waals surface area contributed by atoms with Crippen LogP contribution in [0.25, 0.3) is 0 Å². The van der Waals surface area contributed by atoms with Crippen LogP contribution in [0.4, 0.5) is 0 Å². The Morgan fingerprint density at radius 3 is 1.69 bits per heavy atom. The van der Waals surface area contributed by atoms with Gasteiger partial charge in [0.1, 0.15) is 60.1 Å². The van der Waals surface area contributed by atoms with E-state index in [0.29, 0.717) is 30.6 Å². The van der Waals surface area contributed by atoms with Crippen molar-refractivity contribution in [3.63, 3.8) is 0 Å². The molecule has 2 aliphatic heterocycles. The van der Waals surface area contributed by atoms with Gasteiger partial charge in [0, 0.05) is 38.9 Å². The molecule has 0 aromatic heterocycles. The number of guanidine groups is 1. The quantitative estimate of drug-likeness (QED) is 0.0166. The van der Waals surface area contributed by atoms with Crippen molar-refractivity contribution in [1.82, 2.24) is 52.3 Å². The number of thioether (sulfide) groups is 1. The maximum Gasteiger partial charge on any atom is 0.326 e. The van der Waals surface area contributed by atoms with Crippen molar-refractivity contribution in [2.75, 3.05) is 44.7 Å². The maximum absolute atomic E-state index is 14.4. The first-order valence-electron chi connectivity index (χ1n) is 30.7. The van der Waals surface area contributed by atoms with E-state index in [2.05, 4.69) is 47.5 Å². The summed E-state index contributed by atoms with van der Waals surface area (Å²) >= 11 is 1.32. The lowest BCUT2D eigenvalue weighted by molar-refractivity contribution is -0.147. The van der Waals surface area contributed by atoms with Crippen LogP contribution in [-0.2, 0) is 73.5 Å². The van der Waals surface area contributed by atoms with Gasteiger partial charge in [0.2, 0.25) is 65.0 Å². The Morgan fingerprint density at radius 2 is 1.13 bits per heavy atom. The van der Waals surface area contributed by atoms with Gasteiger partial charge in [-0.05, 0) is 126 Å². The number of carboxylic acids is 3. The van der Waals surface area contributed by atoms with Crippen LogP contribution in [0.1, 0.15) is 122 Å². The number of hydrogen-bond acceptors (Lipinski definition) is 19. The molecule has 2 fully saturated rings. The number of unbranched alkanes of at least 4 members (excludes halogenated alkanes) is 1. The summed E-state index contributed by atoms with van der Waals surface area (Å²) in [6.07, 6.45) is 0.569. The zero-order valence-electron chi connectivity index (χ0n) is 52.6. The molecule has 1 aromatic rings. The number of likely N-dealkylation sites (tertiary alicyclic amines) is 2. The van der Waals surface area contributed by atoms with Crippen LogP contribution in [0.15, 0.2) is 29.3 Å². The van der Waals surface area contributed by atoms with E-state index in [4.69, 9.17) is 33.8 Å². The molecule has 2 aliphatic rings. The SMILES string of the molecule is CSCC[C@H](NC(=O)[C@H](Cc1ccc(O)cc1)NC(=O)[C@H](CCC(N)=O)NC(=O)[C@H](CC(C)C)NC(=O)[C@@H]1CCCN1C(=O)[C@H](CC(=O)O)NC(=O)[C@@H]1CCCN1C(=O)CNC(=O)[C@H](CCCCN)NC(=O)[C@@H](N)CCC(=O)O)C(=O)N[C@@H](CCCN=C(N)N)C(=O)O. The molecule has 0 unspecified atom stereocenters. The molecule has 0 saturated carbocycles. The lowest BCUT2D eigenvalue weighted by Crippen LogP contribution is -2.60. The molecule has 22 N–H and O–H groups in total. The molecule has 0 spiro atoms. The fourth-order valence-corrected chi connectivity index (χ4v) is 10.8. The van der Waals surface area contributed by atoms with E-state index in [9.17, 15) is 82.4 Å². The Morgan fingerprint density at radius 1 is 0.602 bits per heavy atom. The molecule has 34 nitrogen and oxygen atoms in total. The summed E-state index contributed by atoms with van der Waals surface area (Å²) in [7, 11) is 0. The van der Waals surface area contributed by atoms with Crippen molar-refractivity contribution in [1.29, 1.82) is 0 Å². The molecule has 93 heavy (non-hydrogen) atoms. The number of carbonyl (C=O) groups excluding carboxylic acids is 11. The Kier molecular flexibility index (Phi) is 33.9. The standard InChI is InChI=1S/C58H92N16O18S/c1-31(2)27-39(52(86)67-36(18-19-44(61)76)50(84)70-40(28-32-13-15-33(75)16-14-32)53(87)68-37(21-26-93-3)51(85)69-38(57(91)92)10-6-23-64-58(62)63)71-55(89)43-12-8-25-74(43)56(90)41(29-47(80)81)72-54(88)42-11-7-24-73(42)45(77)30-65-49(83)35(9-4-5-22-59)66-48(82)34(60)17-20-46(78)79/h13-16,31,34-43,75H,4-12,17-30,59-60H2,1-3H3,(H2,61,76)(H,65,83)(H,66,82)(H,67,86)(H,68,87)(H,69,85)(H,70,84)(H,71,89)(H,72,88)(H,78,79)(H,80,81)(H,91,92)(H4,62,63,64)/t34-,35-,36-,37-,38-,39-,40-,41-,42-,43-/m0/s1. The number of aliphatic carboxylic acids is 3. The fourth-order valence-electron chi connectivity index (χ4n) is 10.3. The highest BCUT2D eigenvalue weighted by atomic mass is 32.2. The van der Waals surface area contributed by atoms with Gasteiger partial charge in [-0.25, -0.2) is 4.79 Å². The van der Waals surface area contributed by atoms with E-state index < -0.39 is 176 Å². The highest BCUT2D eigenvalue weighted by molar-refractivity contribution is 7.98. The minimum atomic E-state index is -1.78. The third-order valence-corrected chi connectivity index (χ3v) is 15.8. The van der Waals surface area contributed by atoms with Crippen LogP contribution in [0, 0.1) is 5.92 Å². The summed E-state index contributed by atoms with van der Waals surface area (Å²) in [5.41, 5.74) is 28.1. The highest BCUT2D eigenvalue weighted by Crippen LogP contribution is 2.23. The molecular formula is C58H92N16O18S. The van der Waals surface area contributed by atoms with Gasteiger partial charge in [-0.1, -0.05) is 26.0 Å². The number of hydrogen-bond donors (Lipinski definition) is 17. The van der Waals surface area contributed by atoms with E-state index in [1.54, 1.807) is 20.1 Å². The van der Waals surface area contributed by atoms with E-state index in [-0.39, 0.29) is 108 Å². The average Bonchev–Trinajstić information content (AvgIpc) is 1.82. The van der Waals surface area contributed by atoms with E-state index in [1.807, 2.05) is 0 Å². The van der Waals surface area contributed by atoms with Crippen LogP contribution < -0.4 is 71.2 Å². The topological polar surface area (TPSA) is 565 Å². The van der Waals surface area contributed by atoms with Crippen LogP contribution in [0.3, 0.4) is 0 Å². The van der Waals surface area contributed by atoms with Gasteiger partial charge in [-0.2, -0.15) is 11.8 Å². The Bertz CT molecular complexity index is 2810. The number of amides is 11. The largest absolute Gasteiger partial charge is 0.508 e. The summed E-state index contributed by atoms with van der Waals surface area (Å²) in [4.78, 5) is 193. The van der Waals surface area contributed by atoms with Gasteiger partial charge in [0.15, 0.2) is 5.96 Å². The number of primary amides is 1. The maximum atomic E-state index is 14.4. The predicted molar refractivity (Wildman–Crippen MR) is 336 cm³/mol. The predicted octanol–water partition coefficient (Wildman–Crippen LogP) is -4.57. The van der Waals surface area contributed by atoms with Gasteiger partial charge in [0.05, 0.1) is 19.0 Å².